The van der Waals surface area contributed by atoms with Gasteiger partial charge in [-0.15, -0.1) is 24.9 Å². The maximum atomic E-state index is 14.8. The molecule has 3 heterocycles. The van der Waals surface area contributed by atoms with Crippen LogP contribution in [0.2, 0.25) is 0 Å². The second-order valence-electron chi connectivity index (χ2n) is 12.6. The number of thioether (sulfide) groups is 1. The third-order valence-electron chi connectivity index (χ3n) is 9.47. The van der Waals surface area contributed by atoms with Crippen molar-refractivity contribution < 1.29 is 24.2 Å². The summed E-state index contributed by atoms with van der Waals surface area (Å²) in [6.45, 7) is 14.8. The van der Waals surface area contributed by atoms with Gasteiger partial charge in [-0.05, 0) is 49.1 Å². The van der Waals surface area contributed by atoms with E-state index in [9.17, 15) is 19.5 Å². The number of alkyl halides is 1. The number of ether oxygens (including phenoxy) is 1. The van der Waals surface area contributed by atoms with Gasteiger partial charge in [-0.2, -0.15) is 0 Å². The maximum absolute atomic E-state index is 14.8. The van der Waals surface area contributed by atoms with Crippen LogP contribution in [0.15, 0.2) is 79.9 Å². The summed E-state index contributed by atoms with van der Waals surface area (Å²) in [7, 11) is 0. The van der Waals surface area contributed by atoms with Crippen molar-refractivity contribution in [3.05, 3.63) is 85.5 Å². The van der Waals surface area contributed by atoms with Crippen LogP contribution in [0.3, 0.4) is 0 Å². The Kier molecular flexibility index (Phi) is 10.7. The number of amides is 3. The molecule has 1 N–H and O–H groups in total. The number of rotatable bonds is 14. The fourth-order valence-corrected chi connectivity index (χ4v) is 11.1. The molecule has 1 spiro atoms. The molecule has 0 radical (unpaired) electrons. The van der Waals surface area contributed by atoms with Crippen molar-refractivity contribution in [2.24, 2.45) is 17.8 Å². The van der Waals surface area contributed by atoms with Crippen molar-refractivity contribution >= 4 is 51.1 Å². The minimum absolute atomic E-state index is 0.0785. The number of aliphatic hydroxyl groups is 1. The van der Waals surface area contributed by atoms with E-state index < -0.39 is 28.7 Å². The molecule has 10 heteroatoms. The topological polar surface area (TPSA) is 90.4 Å². The van der Waals surface area contributed by atoms with Gasteiger partial charge in [0.25, 0.3) is 0 Å². The van der Waals surface area contributed by atoms with Crippen LogP contribution in [0.4, 0.5) is 5.69 Å². The summed E-state index contributed by atoms with van der Waals surface area (Å²) in [5, 5.41) is 10.4. The van der Waals surface area contributed by atoms with Gasteiger partial charge in [0.05, 0.1) is 35.8 Å². The zero-order chi connectivity index (χ0) is 33.2. The summed E-state index contributed by atoms with van der Waals surface area (Å²) >= 11 is 5.48. The molecule has 0 saturated carbocycles. The molecule has 2 bridgehead atoms. The van der Waals surface area contributed by atoms with Crippen LogP contribution in [0.25, 0.3) is 0 Å². The van der Waals surface area contributed by atoms with E-state index in [0.717, 1.165) is 5.56 Å². The Morgan fingerprint density at radius 1 is 1.11 bits per heavy atom. The Balaban J connectivity index is 1.57. The van der Waals surface area contributed by atoms with Crippen LogP contribution in [0, 0.1) is 17.8 Å². The zero-order valence-electron chi connectivity index (χ0n) is 26.8. The quantitative estimate of drug-likeness (QED) is 0.212. The highest BCUT2D eigenvalue weighted by molar-refractivity contribution is 9.09. The van der Waals surface area contributed by atoms with E-state index in [4.69, 9.17) is 4.74 Å². The molecule has 3 aliphatic heterocycles. The van der Waals surface area contributed by atoms with E-state index in [1.165, 1.54) is 0 Å². The van der Waals surface area contributed by atoms with Crippen molar-refractivity contribution in [1.29, 1.82) is 0 Å². The van der Waals surface area contributed by atoms with Crippen LogP contribution in [0.5, 0.6) is 5.75 Å². The largest absolute Gasteiger partial charge is 0.494 e. The van der Waals surface area contributed by atoms with Gasteiger partial charge in [0, 0.05) is 35.4 Å². The first kappa shape index (κ1) is 34.3. The lowest BCUT2D eigenvalue weighted by Crippen LogP contribution is -2.58. The minimum atomic E-state index is -0.848. The Labute approximate surface area is 285 Å². The van der Waals surface area contributed by atoms with Crippen molar-refractivity contribution in [2.45, 2.75) is 60.6 Å². The summed E-state index contributed by atoms with van der Waals surface area (Å²) in [6, 6.07) is 15.7. The standard InChI is InChI=1S/C36H44BrN3O5S/c1-6-18-38(21-24-12-10-9-11-13-24)35(44)32-36-20-27(37)31(46-36)29(30(36)34(43)40(32)28(22-41)23(4)5)33(42)39(19-7-2)25-14-16-26(17-15-25)45-8-3/h6-7,9-17,23,27-32,41H,1-2,8,18-22H2,3-5H3/t27?,28-,29-,30-,31-,32?,36?/m0/s1. The number of fused-ring (bicyclic) bond motifs is 1. The Hall–Kier alpha value is -3.08. The van der Waals surface area contributed by atoms with Gasteiger partial charge in [-0.25, -0.2) is 0 Å². The highest BCUT2D eigenvalue weighted by Gasteiger charge is 2.76. The Morgan fingerprint density at radius 2 is 1.78 bits per heavy atom. The molecule has 2 aromatic carbocycles. The number of anilines is 1. The number of benzene rings is 2. The van der Waals surface area contributed by atoms with E-state index in [1.807, 2.05) is 75.4 Å². The normalized spacial score (nSPS) is 27.0. The molecule has 5 rings (SSSR count). The number of carbonyl (C=O) groups is 3. The van der Waals surface area contributed by atoms with Crippen LogP contribution in [-0.2, 0) is 20.9 Å². The lowest BCUT2D eigenvalue weighted by atomic mass is 9.70. The number of hydrogen-bond acceptors (Lipinski definition) is 6. The van der Waals surface area contributed by atoms with E-state index in [-0.39, 0.29) is 46.9 Å². The average Bonchev–Trinajstić information content (AvgIpc) is 3.64. The number of hydrogen-bond donors (Lipinski definition) is 1. The third-order valence-corrected chi connectivity index (χ3v) is 12.7. The molecular formula is C36H44BrN3O5S. The number of carbonyl (C=O) groups excluding carboxylic acids is 3. The fraction of sp³-hybridized carbons (Fsp3) is 0.472. The van der Waals surface area contributed by atoms with Gasteiger partial charge in [0.1, 0.15) is 11.8 Å². The SMILES string of the molecule is C=CCN(Cc1ccccc1)C(=O)C1N([C@@H](CO)C(C)C)C(=O)[C@@H]2[C@H](C(=O)N(CC=C)c3ccc(OCC)cc3)[C@H]3SC12CC3Br. The molecule has 8 nitrogen and oxygen atoms in total. The number of likely N-dealkylation sites (tertiary alicyclic amines) is 1. The summed E-state index contributed by atoms with van der Waals surface area (Å²) in [6.07, 6.45) is 3.94. The first-order valence-corrected chi connectivity index (χ1v) is 17.8. The van der Waals surface area contributed by atoms with Crippen LogP contribution < -0.4 is 9.64 Å². The molecule has 3 unspecified atom stereocenters. The van der Waals surface area contributed by atoms with Gasteiger partial charge in [0.2, 0.25) is 17.7 Å². The molecule has 0 aliphatic carbocycles. The van der Waals surface area contributed by atoms with Crippen LogP contribution >= 0.6 is 27.7 Å². The number of aliphatic hydroxyl groups excluding tert-OH is 1. The van der Waals surface area contributed by atoms with Crippen molar-refractivity contribution in [1.82, 2.24) is 9.80 Å². The molecular weight excluding hydrogens is 666 g/mol. The molecule has 3 saturated heterocycles. The van der Waals surface area contributed by atoms with Crippen LogP contribution in [-0.4, -0.2) is 85.8 Å². The van der Waals surface area contributed by atoms with E-state index in [1.54, 1.807) is 38.6 Å². The van der Waals surface area contributed by atoms with Gasteiger partial charge in [0.15, 0.2) is 0 Å². The molecule has 3 aliphatic rings. The molecule has 3 fully saturated rings. The zero-order valence-corrected chi connectivity index (χ0v) is 29.2. The first-order chi connectivity index (χ1) is 22.1. The smallest absolute Gasteiger partial charge is 0.247 e. The summed E-state index contributed by atoms with van der Waals surface area (Å²) in [5.74, 6) is -1.39. The van der Waals surface area contributed by atoms with Crippen molar-refractivity contribution in [3.63, 3.8) is 0 Å². The Bertz CT molecular complexity index is 1440. The maximum Gasteiger partial charge on any atom is 0.247 e. The second-order valence-corrected chi connectivity index (χ2v) is 15.3. The molecule has 246 valence electrons. The van der Waals surface area contributed by atoms with Gasteiger partial charge < -0.3 is 24.5 Å². The number of halogens is 1. The third kappa shape index (κ3) is 6.04. The van der Waals surface area contributed by atoms with Crippen molar-refractivity contribution in [3.8, 4) is 5.75 Å². The fourth-order valence-electron chi connectivity index (χ4n) is 7.49. The van der Waals surface area contributed by atoms with E-state index in [2.05, 4.69) is 29.1 Å². The minimum Gasteiger partial charge on any atom is -0.494 e. The average molecular weight is 711 g/mol. The monoisotopic (exact) mass is 709 g/mol. The van der Waals surface area contributed by atoms with Crippen LogP contribution in [0.1, 0.15) is 32.8 Å². The lowest BCUT2D eigenvalue weighted by Gasteiger charge is -2.41. The van der Waals surface area contributed by atoms with Gasteiger partial charge in [-0.1, -0.05) is 72.3 Å². The highest BCUT2D eigenvalue weighted by atomic mass is 79.9. The molecule has 3 amide bonds. The second kappa shape index (κ2) is 14.4. The summed E-state index contributed by atoms with van der Waals surface area (Å²) < 4.78 is 4.77. The summed E-state index contributed by atoms with van der Waals surface area (Å²) in [5.41, 5.74) is 1.65. The molecule has 2 aromatic rings. The van der Waals surface area contributed by atoms with Gasteiger partial charge in [-0.3, -0.25) is 14.4 Å². The predicted octanol–water partition coefficient (Wildman–Crippen LogP) is 5.30. The molecule has 7 atom stereocenters. The molecule has 0 aromatic heterocycles. The Morgan fingerprint density at radius 3 is 2.37 bits per heavy atom. The lowest BCUT2D eigenvalue weighted by molar-refractivity contribution is -0.147. The highest BCUT2D eigenvalue weighted by Crippen LogP contribution is 2.68. The number of nitrogens with zero attached hydrogens (tertiary/aromatic N) is 3. The van der Waals surface area contributed by atoms with Crippen molar-refractivity contribution in [2.75, 3.05) is 31.2 Å². The predicted molar refractivity (Wildman–Crippen MR) is 187 cm³/mol. The summed E-state index contributed by atoms with van der Waals surface area (Å²) in [4.78, 5) is 49.3. The first-order valence-electron chi connectivity index (χ1n) is 16.0. The van der Waals surface area contributed by atoms with E-state index >= 15 is 0 Å². The molecule has 46 heavy (non-hydrogen) atoms. The van der Waals surface area contributed by atoms with Gasteiger partial charge >= 0.3 is 0 Å². The van der Waals surface area contributed by atoms with E-state index in [0.29, 0.717) is 37.6 Å².